The van der Waals surface area contributed by atoms with E-state index in [0.717, 1.165) is 10.8 Å². The van der Waals surface area contributed by atoms with Crippen molar-refractivity contribution in [2.75, 3.05) is 0 Å². The normalized spacial score (nSPS) is 11.1. The Morgan fingerprint density at radius 2 is 1.69 bits per heavy atom. The Hall–Kier alpha value is -0.390. The second-order valence-corrected chi connectivity index (χ2v) is 4.86. The zero-order valence-corrected chi connectivity index (χ0v) is 11.7. The molecule has 0 saturated heterocycles. The van der Waals surface area contributed by atoms with Crippen LogP contribution in [0.4, 0.5) is 0 Å². The summed E-state index contributed by atoms with van der Waals surface area (Å²) in [6, 6.07) is 13.0. The summed E-state index contributed by atoms with van der Waals surface area (Å²) >= 11 is 0. The van der Waals surface area contributed by atoms with Gasteiger partial charge in [0.15, 0.2) is 0 Å². The van der Waals surface area contributed by atoms with Gasteiger partial charge in [-0.05, 0) is 16.3 Å². The topological polar surface area (TPSA) is 54.4 Å². The van der Waals surface area contributed by atoms with Gasteiger partial charge in [-0.15, -0.1) is 0 Å². The molecule has 2 rings (SSSR count). The first kappa shape index (κ1) is 13.7. The average Bonchev–Trinajstić information content (AvgIpc) is 2.15. The minimum absolute atomic E-state index is 0. The summed E-state index contributed by atoms with van der Waals surface area (Å²) in [6.07, 6.45) is 0. The van der Waals surface area contributed by atoms with Crippen LogP contribution in [-0.4, -0.2) is 13.0 Å². The first-order chi connectivity index (χ1) is 7.04. The Morgan fingerprint density at radius 3 is 2.31 bits per heavy atom. The molecule has 1 N–H and O–H groups in total. The molecule has 2 aromatic carbocycles. The molecule has 0 aliphatic carbocycles. The number of hydrogen-bond acceptors (Lipinski definition) is 2. The van der Waals surface area contributed by atoms with Crippen LogP contribution in [0.1, 0.15) is 6.99 Å². The van der Waals surface area contributed by atoms with E-state index in [0.29, 0.717) is 5.56 Å². The Labute approximate surface area is 118 Å². The fourth-order valence-electron chi connectivity index (χ4n) is 1.54. The second-order valence-electron chi connectivity index (χ2n) is 3.41. The maximum absolute atomic E-state index is 10.7. The van der Waals surface area contributed by atoms with E-state index in [9.17, 15) is 8.42 Å². The van der Waals surface area contributed by atoms with Gasteiger partial charge in [-0.1, -0.05) is 42.5 Å². The van der Waals surface area contributed by atoms with E-state index in [2.05, 4.69) is 0 Å². The fraction of sp³-hybridized carbons (Fsp3) is 0.0909. The molecule has 3 nitrogen and oxygen atoms in total. The first-order valence-corrected chi connectivity index (χ1v) is 6.08. The zero-order chi connectivity index (χ0) is 10.9. The summed E-state index contributed by atoms with van der Waals surface area (Å²) in [4.78, 5) is 0. The Kier molecular flexibility index (Phi) is 4.52. The van der Waals surface area contributed by atoms with Crippen molar-refractivity contribution < 1.29 is 44.0 Å². The summed E-state index contributed by atoms with van der Waals surface area (Å²) < 4.78 is 30.1. The van der Waals surface area contributed by atoms with Crippen molar-refractivity contribution in [1.29, 1.82) is 0 Å². The number of hydrogen-bond donors (Lipinski definition) is 1. The molecule has 0 fully saturated rings. The molecule has 2 aromatic rings. The third kappa shape index (κ3) is 3.57. The molecule has 0 saturated carbocycles. The molecule has 0 aliphatic heterocycles. The van der Waals surface area contributed by atoms with E-state index in [1.807, 2.05) is 30.3 Å². The summed E-state index contributed by atoms with van der Waals surface area (Å²) in [6.45, 7) is 0. The molecule has 5 heteroatoms. The van der Waals surface area contributed by atoms with Crippen molar-refractivity contribution >= 4 is 20.9 Å². The van der Waals surface area contributed by atoms with Gasteiger partial charge in [-0.3, -0.25) is 4.55 Å². The molecule has 0 atom stereocenters. The van der Waals surface area contributed by atoms with Crippen LogP contribution >= 0.6 is 0 Å². The summed E-state index contributed by atoms with van der Waals surface area (Å²) in [5.41, 5.74) is 0.594. The van der Waals surface area contributed by atoms with Crippen molar-refractivity contribution in [2.45, 2.75) is 5.75 Å². The molecular weight excluding hydrogens is 235 g/mol. The van der Waals surface area contributed by atoms with Crippen molar-refractivity contribution in [3.63, 3.8) is 0 Å². The van der Waals surface area contributed by atoms with Gasteiger partial charge in [-0.25, -0.2) is 0 Å². The molecule has 0 bridgehead atoms. The smallest absolute Gasteiger partial charge is 1.00 e. The SMILES string of the molecule is O=S(=O)(O)Cc1ccc2ccccc2c1.[H-].[Na+]. The Morgan fingerprint density at radius 1 is 1.06 bits per heavy atom. The van der Waals surface area contributed by atoms with Gasteiger partial charge in [0.05, 0.1) is 0 Å². The van der Waals surface area contributed by atoms with Crippen LogP contribution in [0.3, 0.4) is 0 Å². The molecule has 80 valence electrons. The third-order valence-corrected chi connectivity index (χ3v) is 2.86. The van der Waals surface area contributed by atoms with Gasteiger partial charge >= 0.3 is 29.6 Å². The van der Waals surface area contributed by atoms with Gasteiger partial charge < -0.3 is 1.43 Å². The van der Waals surface area contributed by atoms with Gasteiger partial charge in [-0.2, -0.15) is 8.42 Å². The minimum atomic E-state index is -3.95. The van der Waals surface area contributed by atoms with Crippen LogP contribution in [0, 0.1) is 0 Å². The van der Waals surface area contributed by atoms with E-state index in [4.69, 9.17) is 4.55 Å². The van der Waals surface area contributed by atoms with E-state index in [-0.39, 0.29) is 36.7 Å². The molecule has 0 amide bonds. The van der Waals surface area contributed by atoms with Crippen LogP contribution in [0.25, 0.3) is 10.8 Å². The summed E-state index contributed by atoms with van der Waals surface area (Å²) in [5.74, 6) is -0.335. The largest absolute Gasteiger partial charge is 1.00 e. The van der Waals surface area contributed by atoms with Crippen molar-refractivity contribution in [3.8, 4) is 0 Å². The maximum Gasteiger partial charge on any atom is 1.00 e. The van der Waals surface area contributed by atoms with Gasteiger partial charge in [0, 0.05) is 0 Å². The van der Waals surface area contributed by atoms with E-state index in [1.54, 1.807) is 12.1 Å². The average molecular weight is 246 g/mol. The maximum atomic E-state index is 10.7. The van der Waals surface area contributed by atoms with Crippen LogP contribution in [0.5, 0.6) is 0 Å². The molecule has 16 heavy (non-hydrogen) atoms. The monoisotopic (exact) mass is 246 g/mol. The standard InChI is InChI=1S/C11H10O3S.Na.H/c12-15(13,14)8-9-5-6-10-3-1-2-4-11(10)7-9;;/h1-7H,8H2,(H,12,13,14);;/q;+1;-1. The van der Waals surface area contributed by atoms with E-state index in [1.165, 1.54) is 0 Å². The second kappa shape index (κ2) is 5.29. The van der Waals surface area contributed by atoms with Crippen LogP contribution in [0.15, 0.2) is 42.5 Å². The Balaban J connectivity index is 0.00000128. The van der Waals surface area contributed by atoms with E-state index < -0.39 is 10.1 Å². The molecular formula is C11H11NaO3S. The molecule has 0 heterocycles. The van der Waals surface area contributed by atoms with Gasteiger partial charge in [0.1, 0.15) is 5.75 Å². The molecule has 0 radical (unpaired) electrons. The Bertz CT molecular complexity index is 598. The van der Waals surface area contributed by atoms with Crippen molar-refractivity contribution in [2.24, 2.45) is 0 Å². The fourth-order valence-corrected chi connectivity index (χ4v) is 2.14. The zero-order valence-electron chi connectivity index (χ0n) is 9.92. The molecule has 0 unspecified atom stereocenters. The van der Waals surface area contributed by atoms with Gasteiger partial charge in [0.25, 0.3) is 10.1 Å². The minimum Gasteiger partial charge on any atom is -1.00 e. The third-order valence-electron chi connectivity index (χ3n) is 2.16. The van der Waals surface area contributed by atoms with Crippen LogP contribution in [0.2, 0.25) is 0 Å². The number of rotatable bonds is 2. The predicted molar refractivity (Wildman–Crippen MR) is 60.3 cm³/mol. The molecule has 0 aromatic heterocycles. The van der Waals surface area contributed by atoms with Gasteiger partial charge in [0.2, 0.25) is 0 Å². The van der Waals surface area contributed by atoms with Crippen LogP contribution in [-0.2, 0) is 15.9 Å². The predicted octanol–water partition coefficient (Wildman–Crippen LogP) is -0.656. The summed E-state index contributed by atoms with van der Waals surface area (Å²) in [5, 5.41) is 2.02. The van der Waals surface area contributed by atoms with Crippen LogP contribution < -0.4 is 29.6 Å². The number of benzene rings is 2. The van der Waals surface area contributed by atoms with E-state index >= 15 is 0 Å². The molecule has 0 spiro atoms. The quantitative estimate of drug-likeness (QED) is 0.565. The van der Waals surface area contributed by atoms with Crippen molar-refractivity contribution in [3.05, 3.63) is 48.0 Å². The number of fused-ring (bicyclic) bond motifs is 1. The first-order valence-electron chi connectivity index (χ1n) is 4.47. The van der Waals surface area contributed by atoms with Crippen molar-refractivity contribution in [1.82, 2.24) is 0 Å². The summed E-state index contributed by atoms with van der Waals surface area (Å²) in [7, 11) is -3.95. The molecule has 0 aliphatic rings.